The first kappa shape index (κ1) is 15.9. The van der Waals surface area contributed by atoms with E-state index in [9.17, 15) is 9.59 Å². The monoisotopic (exact) mass is 301 g/mol. The molecule has 0 aliphatic carbocycles. The van der Waals surface area contributed by atoms with Crippen LogP contribution >= 0.6 is 23.4 Å². The topological polar surface area (TPSA) is 66.4 Å². The molecule has 2 N–H and O–H groups in total. The first-order valence-corrected chi connectivity index (χ1v) is 7.32. The zero-order chi connectivity index (χ0) is 14.1. The first-order chi connectivity index (χ1) is 9.09. The Bertz CT molecular complexity index is 440. The minimum absolute atomic E-state index is 0.0692. The molecular formula is C13H16ClNO3S. The number of carbonyl (C=O) groups is 2. The number of carbonyl (C=O) groups excluding carboxylic acids is 1. The van der Waals surface area contributed by atoms with Crippen LogP contribution in [0.4, 0.5) is 0 Å². The highest BCUT2D eigenvalue weighted by atomic mass is 35.5. The number of hydrogen-bond donors (Lipinski definition) is 2. The van der Waals surface area contributed by atoms with Crippen LogP contribution in [0.25, 0.3) is 0 Å². The van der Waals surface area contributed by atoms with Gasteiger partial charge in [-0.2, -0.15) is 0 Å². The van der Waals surface area contributed by atoms with Crippen LogP contribution in [0, 0.1) is 0 Å². The Morgan fingerprint density at radius 3 is 2.68 bits per heavy atom. The Kier molecular flexibility index (Phi) is 7.36. The number of unbranched alkanes of at least 4 members (excludes halogenated alkanes) is 1. The van der Waals surface area contributed by atoms with Crippen LogP contribution in [0.1, 0.15) is 19.3 Å². The van der Waals surface area contributed by atoms with E-state index in [1.807, 2.05) is 18.2 Å². The third-order valence-electron chi connectivity index (χ3n) is 2.34. The average Bonchev–Trinajstić information content (AvgIpc) is 2.37. The smallest absolute Gasteiger partial charge is 0.303 e. The van der Waals surface area contributed by atoms with Gasteiger partial charge in [-0.15, -0.1) is 11.8 Å². The van der Waals surface area contributed by atoms with Crippen LogP contribution in [-0.4, -0.2) is 29.3 Å². The number of carboxylic acid groups (broad SMARTS) is 1. The van der Waals surface area contributed by atoms with Crippen LogP contribution in [0.15, 0.2) is 29.2 Å². The Balaban J connectivity index is 2.15. The number of nitrogens with one attached hydrogen (secondary N) is 1. The molecule has 0 unspecified atom stereocenters. The summed E-state index contributed by atoms with van der Waals surface area (Å²) in [4.78, 5) is 22.7. The number of carboxylic acids is 1. The summed E-state index contributed by atoms with van der Waals surface area (Å²) in [7, 11) is 0. The molecule has 1 aromatic rings. The molecule has 104 valence electrons. The molecule has 0 aliphatic heterocycles. The Hall–Kier alpha value is -1.20. The van der Waals surface area contributed by atoms with Crippen LogP contribution in [0.2, 0.25) is 5.02 Å². The number of halogens is 1. The van der Waals surface area contributed by atoms with Gasteiger partial charge in [0, 0.05) is 17.9 Å². The highest BCUT2D eigenvalue weighted by Crippen LogP contribution is 2.26. The van der Waals surface area contributed by atoms with Gasteiger partial charge in [-0.1, -0.05) is 23.7 Å². The molecule has 1 rings (SSSR count). The lowest BCUT2D eigenvalue weighted by Gasteiger charge is -2.05. The normalized spacial score (nSPS) is 10.2. The molecule has 0 saturated heterocycles. The lowest BCUT2D eigenvalue weighted by molar-refractivity contribution is -0.137. The van der Waals surface area contributed by atoms with Crippen molar-refractivity contribution in [2.45, 2.75) is 24.2 Å². The van der Waals surface area contributed by atoms with E-state index in [1.165, 1.54) is 11.8 Å². The van der Waals surface area contributed by atoms with Crippen LogP contribution in [0.5, 0.6) is 0 Å². The van der Waals surface area contributed by atoms with Crippen molar-refractivity contribution in [2.24, 2.45) is 0 Å². The van der Waals surface area contributed by atoms with Gasteiger partial charge in [0.25, 0.3) is 0 Å². The van der Waals surface area contributed by atoms with Crippen molar-refractivity contribution in [1.82, 2.24) is 5.32 Å². The predicted molar refractivity (Wildman–Crippen MR) is 76.7 cm³/mol. The molecule has 6 heteroatoms. The molecule has 0 radical (unpaired) electrons. The molecule has 4 nitrogen and oxygen atoms in total. The van der Waals surface area contributed by atoms with E-state index in [-0.39, 0.29) is 12.3 Å². The Morgan fingerprint density at radius 1 is 1.26 bits per heavy atom. The quantitative estimate of drug-likeness (QED) is 0.572. The molecular weight excluding hydrogens is 286 g/mol. The van der Waals surface area contributed by atoms with E-state index in [1.54, 1.807) is 6.07 Å². The van der Waals surface area contributed by atoms with Gasteiger partial charge in [-0.05, 0) is 25.0 Å². The largest absolute Gasteiger partial charge is 0.481 e. The number of benzene rings is 1. The zero-order valence-corrected chi connectivity index (χ0v) is 12.0. The minimum atomic E-state index is -0.805. The molecule has 19 heavy (non-hydrogen) atoms. The number of thioether (sulfide) groups is 1. The fraction of sp³-hybridized carbons (Fsp3) is 0.385. The zero-order valence-electron chi connectivity index (χ0n) is 10.4. The van der Waals surface area contributed by atoms with Gasteiger partial charge in [0.1, 0.15) is 0 Å². The van der Waals surface area contributed by atoms with Gasteiger partial charge in [0.2, 0.25) is 5.91 Å². The second-order valence-electron chi connectivity index (χ2n) is 3.92. The van der Waals surface area contributed by atoms with Crippen molar-refractivity contribution in [3.8, 4) is 0 Å². The predicted octanol–water partition coefficient (Wildman–Crippen LogP) is 2.80. The molecule has 1 aromatic carbocycles. The van der Waals surface area contributed by atoms with Gasteiger partial charge in [0.05, 0.1) is 10.8 Å². The SMILES string of the molecule is O=C(O)CCCCNC(=O)CSc1ccccc1Cl. The molecule has 0 heterocycles. The fourth-order valence-corrected chi connectivity index (χ4v) is 2.45. The fourth-order valence-electron chi connectivity index (χ4n) is 1.39. The second-order valence-corrected chi connectivity index (χ2v) is 5.34. The van der Waals surface area contributed by atoms with Crippen LogP contribution in [0.3, 0.4) is 0 Å². The summed E-state index contributed by atoms with van der Waals surface area (Å²) < 4.78 is 0. The summed E-state index contributed by atoms with van der Waals surface area (Å²) in [6.07, 6.45) is 1.40. The second kappa shape index (κ2) is 8.82. The molecule has 0 spiro atoms. The third-order valence-corrected chi connectivity index (χ3v) is 3.85. The van der Waals surface area contributed by atoms with Crippen LogP contribution < -0.4 is 5.32 Å². The molecule has 0 aliphatic rings. The lowest BCUT2D eigenvalue weighted by atomic mass is 10.2. The van der Waals surface area contributed by atoms with E-state index in [0.29, 0.717) is 30.2 Å². The third kappa shape index (κ3) is 7.08. The first-order valence-electron chi connectivity index (χ1n) is 5.95. The number of rotatable bonds is 8. The van der Waals surface area contributed by atoms with E-state index in [2.05, 4.69) is 5.32 Å². The van der Waals surface area contributed by atoms with E-state index < -0.39 is 5.97 Å². The summed E-state index contributed by atoms with van der Waals surface area (Å²) in [6, 6.07) is 7.37. The summed E-state index contributed by atoms with van der Waals surface area (Å²) in [5.74, 6) is -0.566. The maximum atomic E-state index is 11.5. The van der Waals surface area contributed by atoms with Gasteiger partial charge in [0.15, 0.2) is 0 Å². The maximum Gasteiger partial charge on any atom is 0.303 e. The van der Waals surface area contributed by atoms with Crippen molar-refractivity contribution in [2.75, 3.05) is 12.3 Å². The molecule has 0 atom stereocenters. The highest BCUT2D eigenvalue weighted by Gasteiger charge is 2.05. The van der Waals surface area contributed by atoms with Gasteiger partial charge >= 0.3 is 5.97 Å². The summed E-state index contributed by atoms with van der Waals surface area (Å²) in [6.45, 7) is 0.509. The van der Waals surface area contributed by atoms with Gasteiger partial charge < -0.3 is 10.4 Å². The number of hydrogen-bond acceptors (Lipinski definition) is 3. The molecule has 1 amide bonds. The standard InChI is InChI=1S/C13H16ClNO3S/c14-10-5-1-2-6-11(10)19-9-12(16)15-8-4-3-7-13(17)18/h1-2,5-6H,3-4,7-9H2,(H,15,16)(H,17,18). The highest BCUT2D eigenvalue weighted by molar-refractivity contribution is 8.00. The Morgan fingerprint density at radius 2 is 2.00 bits per heavy atom. The summed E-state index contributed by atoms with van der Waals surface area (Å²) in [5, 5.41) is 11.8. The number of aliphatic carboxylic acids is 1. The van der Waals surface area contributed by atoms with E-state index in [0.717, 1.165) is 4.90 Å². The van der Waals surface area contributed by atoms with Crippen molar-refractivity contribution in [1.29, 1.82) is 0 Å². The van der Waals surface area contributed by atoms with Crippen molar-refractivity contribution in [3.63, 3.8) is 0 Å². The molecule has 0 saturated carbocycles. The van der Waals surface area contributed by atoms with Crippen molar-refractivity contribution >= 4 is 35.2 Å². The van der Waals surface area contributed by atoms with Gasteiger partial charge in [-0.25, -0.2) is 0 Å². The van der Waals surface area contributed by atoms with Gasteiger partial charge in [-0.3, -0.25) is 9.59 Å². The van der Waals surface area contributed by atoms with E-state index in [4.69, 9.17) is 16.7 Å². The summed E-state index contributed by atoms with van der Waals surface area (Å²) in [5.41, 5.74) is 0. The average molecular weight is 302 g/mol. The lowest BCUT2D eigenvalue weighted by Crippen LogP contribution is -2.26. The molecule has 0 bridgehead atoms. The molecule has 0 fully saturated rings. The molecule has 0 aromatic heterocycles. The number of amides is 1. The minimum Gasteiger partial charge on any atom is -0.481 e. The Labute approximate surface area is 121 Å². The van der Waals surface area contributed by atoms with Crippen LogP contribution in [-0.2, 0) is 9.59 Å². The van der Waals surface area contributed by atoms with Crippen molar-refractivity contribution < 1.29 is 14.7 Å². The maximum absolute atomic E-state index is 11.5. The van der Waals surface area contributed by atoms with Crippen molar-refractivity contribution in [3.05, 3.63) is 29.3 Å². The summed E-state index contributed by atoms with van der Waals surface area (Å²) >= 11 is 7.36. The van der Waals surface area contributed by atoms with E-state index >= 15 is 0 Å².